The van der Waals surface area contributed by atoms with Crippen LogP contribution in [-0.2, 0) is 0 Å². The molecule has 0 bridgehead atoms. The number of fused-ring (bicyclic) bond motifs is 1. The van der Waals surface area contributed by atoms with Crippen molar-refractivity contribution in [3.8, 4) is 5.75 Å². The summed E-state index contributed by atoms with van der Waals surface area (Å²) in [6.07, 6.45) is 0. The first kappa shape index (κ1) is 19.9. The highest BCUT2D eigenvalue weighted by Crippen LogP contribution is 2.24. The van der Waals surface area contributed by atoms with Crippen molar-refractivity contribution in [1.29, 1.82) is 0 Å². The molecule has 0 saturated carbocycles. The largest absolute Gasteiger partial charge is 0.432 e. The van der Waals surface area contributed by atoms with E-state index >= 15 is 0 Å². The summed E-state index contributed by atoms with van der Waals surface area (Å²) in [6.45, 7) is 0. The molecule has 0 aliphatic heterocycles. The minimum Gasteiger partial charge on any atom is -0.432 e. The quantitative estimate of drug-likeness (QED) is 0.360. The summed E-state index contributed by atoms with van der Waals surface area (Å²) < 4.78 is 5.75. The highest BCUT2D eigenvalue weighted by Gasteiger charge is 2.09. The average Bonchev–Trinajstić information content (AvgIpc) is 2.76. The Morgan fingerprint density at radius 2 is 1.57 bits per heavy atom. The van der Waals surface area contributed by atoms with Gasteiger partial charge in [-0.05, 0) is 66.1 Å². The van der Waals surface area contributed by atoms with Gasteiger partial charge in [0.05, 0.1) is 0 Å². The molecule has 4 aromatic carbocycles. The number of anilines is 2. The molecule has 0 radical (unpaired) electrons. The summed E-state index contributed by atoms with van der Waals surface area (Å²) in [7, 11) is 0. The summed E-state index contributed by atoms with van der Waals surface area (Å²) in [5.74, 6) is 0.215. The van der Waals surface area contributed by atoms with Crippen LogP contribution in [0.5, 0.6) is 5.75 Å². The van der Waals surface area contributed by atoms with Gasteiger partial charge in [-0.2, -0.15) is 0 Å². The Hall–Kier alpha value is -3.41. The monoisotopic (exact) mass is 432 g/mol. The van der Waals surface area contributed by atoms with Gasteiger partial charge in [0.2, 0.25) is 0 Å². The van der Waals surface area contributed by atoms with Gasteiger partial charge in [0.15, 0.2) is 0 Å². The number of amides is 1. The van der Waals surface area contributed by atoms with Gasteiger partial charge in [-0.3, -0.25) is 4.79 Å². The van der Waals surface area contributed by atoms with Gasteiger partial charge in [0, 0.05) is 27.3 Å². The summed E-state index contributed by atoms with van der Waals surface area (Å²) in [4.78, 5) is 12.5. The summed E-state index contributed by atoms with van der Waals surface area (Å²) in [5, 5.41) is 8.90. The van der Waals surface area contributed by atoms with Gasteiger partial charge in [0.25, 0.3) is 11.1 Å². The lowest BCUT2D eigenvalue weighted by Crippen LogP contribution is -2.17. The van der Waals surface area contributed by atoms with E-state index < -0.39 is 0 Å². The van der Waals surface area contributed by atoms with Gasteiger partial charge in [-0.1, -0.05) is 54.1 Å². The molecule has 4 nitrogen and oxygen atoms in total. The number of carbonyl (C=O) groups is 1. The zero-order chi connectivity index (χ0) is 20.9. The van der Waals surface area contributed by atoms with Crippen LogP contribution < -0.4 is 15.4 Å². The minimum absolute atomic E-state index is 0.196. The molecule has 0 heterocycles. The molecule has 0 saturated heterocycles. The number of rotatable bonds is 4. The van der Waals surface area contributed by atoms with E-state index in [0.29, 0.717) is 22.0 Å². The second-order valence-corrected chi connectivity index (χ2v) is 7.34. The van der Waals surface area contributed by atoms with Crippen LogP contribution in [0.2, 0.25) is 5.02 Å². The van der Waals surface area contributed by atoms with Crippen molar-refractivity contribution in [2.45, 2.75) is 0 Å². The summed E-state index contributed by atoms with van der Waals surface area (Å²) >= 11 is 11.2. The molecule has 4 aromatic rings. The molecule has 0 unspecified atom stereocenters. The SMILES string of the molecule is O=C(Nc1ccc(Cl)cc1)c1cccc(OC(=S)Nc2cccc3ccccc23)c1. The zero-order valence-electron chi connectivity index (χ0n) is 15.8. The van der Waals surface area contributed by atoms with Gasteiger partial charge in [-0.25, -0.2) is 0 Å². The molecule has 0 aliphatic carbocycles. The van der Waals surface area contributed by atoms with Crippen LogP contribution in [0.25, 0.3) is 10.8 Å². The molecule has 0 atom stereocenters. The van der Waals surface area contributed by atoms with E-state index in [1.807, 2.05) is 42.5 Å². The third-order valence-corrected chi connectivity index (χ3v) is 4.87. The maximum Gasteiger partial charge on any atom is 0.266 e. The Morgan fingerprint density at radius 3 is 2.40 bits per heavy atom. The molecular formula is C24H17ClN2O2S. The van der Waals surface area contributed by atoms with E-state index in [9.17, 15) is 4.79 Å². The standard InChI is InChI=1S/C24H17ClN2O2S/c25-18-11-13-19(14-12-18)26-23(28)17-7-3-8-20(15-17)29-24(30)27-22-10-4-6-16-5-1-2-9-21(16)22/h1-15H,(H,26,28)(H,27,30). The molecule has 148 valence electrons. The molecule has 0 fully saturated rings. The minimum atomic E-state index is -0.254. The van der Waals surface area contributed by atoms with Crippen molar-refractivity contribution < 1.29 is 9.53 Å². The average molecular weight is 433 g/mol. The number of halogens is 1. The number of carbonyl (C=O) groups excluding carboxylic acids is 1. The van der Waals surface area contributed by atoms with E-state index in [2.05, 4.69) is 10.6 Å². The lowest BCUT2D eigenvalue weighted by atomic mass is 10.1. The topological polar surface area (TPSA) is 50.4 Å². The molecule has 0 spiro atoms. The van der Waals surface area contributed by atoms with Crippen LogP contribution in [0.3, 0.4) is 0 Å². The first-order valence-electron chi connectivity index (χ1n) is 9.22. The molecule has 2 N–H and O–H groups in total. The zero-order valence-corrected chi connectivity index (χ0v) is 17.3. The lowest BCUT2D eigenvalue weighted by molar-refractivity contribution is 0.102. The van der Waals surface area contributed by atoms with Crippen molar-refractivity contribution >= 4 is 57.0 Å². The highest BCUT2D eigenvalue weighted by atomic mass is 35.5. The van der Waals surface area contributed by atoms with Crippen LogP contribution in [0.1, 0.15) is 10.4 Å². The van der Waals surface area contributed by atoms with Crippen molar-refractivity contribution in [2.75, 3.05) is 10.6 Å². The summed E-state index contributed by atoms with van der Waals surface area (Å²) in [5.41, 5.74) is 1.97. The Balaban J connectivity index is 1.45. The molecule has 0 aromatic heterocycles. The second kappa shape index (κ2) is 8.95. The third kappa shape index (κ3) is 4.76. The van der Waals surface area contributed by atoms with E-state index in [0.717, 1.165) is 16.5 Å². The normalized spacial score (nSPS) is 10.4. The van der Waals surface area contributed by atoms with Crippen molar-refractivity contribution in [1.82, 2.24) is 0 Å². The molecule has 30 heavy (non-hydrogen) atoms. The number of hydrogen-bond donors (Lipinski definition) is 2. The maximum atomic E-state index is 12.5. The fraction of sp³-hybridized carbons (Fsp3) is 0. The fourth-order valence-electron chi connectivity index (χ4n) is 3.01. The van der Waals surface area contributed by atoms with Gasteiger partial charge in [-0.15, -0.1) is 0 Å². The van der Waals surface area contributed by atoms with Crippen LogP contribution in [-0.4, -0.2) is 11.1 Å². The number of benzene rings is 4. The molecule has 4 rings (SSSR count). The fourth-order valence-corrected chi connectivity index (χ4v) is 3.35. The Labute approximate surface area is 184 Å². The Bertz CT molecular complexity index is 1220. The summed E-state index contributed by atoms with van der Waals surface area (Å²) in [6, 6.07) is 27.7. The second-order valence-electron chi connectivity index (χ2n) is 6.53. The molecule has 0 aliphatic rings. The van der Waals surface area contributed by atoms with Crippen molar-refractivity contribution in [3.63, 3.8) is 0 Å². The number of nitrogens with one attached hydrogen (secondary N) is 2. The first-order chi connectivity index (χ1) is 14.6. The van der Waals surface area contributed by atoms with Crippen molar-refractivity contribution in [3.05, 3.63) is 102 Å². The van der Waals surface area contributed by atoms with E-state index in [4.69, 9.17) is 28.6 Å². The van der Waals surface area contributed by atoms with Crippen LogP contribution in [0.15, 0.2) is 91.0 Å². The Kier molecular flexibility index (Phi) is 5.93. The predicted molar refractivity (Wildman–Crippen MR) is 127 cm³/mol. The van der Waals surface area contributed by atoms with Crippen LogP contribution >= 0.6 is 23.8 Å². The van der Waals surface area contributed by atoms with Crippen LogP contribution in [0.4, 0.5) is 11.4 Å². The number of hydrogen-bond acceptors (Lipinski definition) is 3. The van der Waals surface area contributed by atoms with E-state index in [-0.39, 0.29) is 11.1 Å². The Morgan fingerprint density at radius 1 is 0.833 bits per heavy atom. The molecular weight excluding hydrogens is 416 g/mol. The van der Waals surface area contributed by atoms with E-state index in [1.54, 1.807) is 48.5 Å². The van der Waals surface area contributed by atoms with Crippen molar-refractivity contribution in [2.24, 2.45) is 0 Å². The van der Waals surface area contributed by atoms with Gasteiger partial charge in [0.1, 0.15) is 5.75 Å². The van der Waals surface area contributed by atoms with Gasteiger partial charge < -0.3 is 15.4 Å². The smallest absolute Gasteiger partial charge is 0.266 e. The lowest BCUT2D eigenvalue weighted by Gasteiger charge is -2.12. The van der Waals surface area contributed by atoms with Crippen LogP contribution in [0, 0.1) is 0 Å². The number of thiocarbonyl (C=S) groups is 1. The molecule has 6 heteroatoms. The van der Waals surface area contributed by atoms with E-state index in [1.165, 1.54) is 0 Å². The molecule has 1 amide bonds. The third-order valence-electron chi connectivity index (χ3n) is 4.44. The van der Waals surface area contributed by atoms with Gasteiger partial charge >= 0.3 is 0 Å². The highest BCUT2D eigenvalue weighted by molar-refractivity contribution is 7.80. The first-order valence-corrected chi connectivity index (χ1v) is 10.0. The predicted octanol–water partition coefficient (Wildman–Crippen LogP) is 6.52. The number of ether oxygens (including phenoxy) is 1. The maximum absolute atomic E-state index is 12.5.